The lowest BCUT2D eigenvalue weighted by molar-refractivity contribution is -0.148. The van der Waals surface area contributed by atoms with Crippen molar-refractivity contribution in [3.8, 4) is 11.5 Å². The Morgan fingerprint density at radius 3 is 2.56 bits per heavy atom. The third-order valence-corrected chi connectivity index (χ3v) is 6.53. The van der Waals surface area contributed by atoms with Crippen LogP contribution >= 0.6 is 0 Å². The molecule has 1 aliphatic heterocycles. The van der Waals surface area contributed by atoms with Crippen molar-refractivity contribution in [2.24, 2.45) is 0 Å². The van der Waals surface area contributed by atoms with Crippen LogP contribution in [-0.2, 0) is 24.3 Å². The van der Waals surface area contributed by atoms with Crippen LogP contribution in [0.1, 0.15) is 18.1 Å². The highest BCUT2D eigenvalue weighted by molar-refractivity contribution is 7.89. The molecule has 10 heteroatoms. The van der Waals surface area contributed by atoms with Crippen molar-refractivity contribution in [2.75, 3.05) is 26.2 Å². The molecular formula is C22H24N2O7S. The number of rotatable bonds is 7. The zero-order valence-corrected chi connectivity index (χ0v) is 18.9. The number of benzene rings is 2. The second-order valence-corrected chi connectivity index (χ2v) is 9.43. The van der Waals surface area contributed by atoms with Crippen molar-refractivity contribution in [3.63, 3.8) is 0 Å². The molecule has 1 unspecified atom stereocenters. The van der Waals surface area contributed by atoms with Crippen molar-refractivity contribution in [3.05, 3.63) is 53.6 Å². The molecule has 0 bridgehead atoms. The number of nitrogens with zero attached hydrogens (tertiary/aromatic N) is 1. The fraction of sp³-hybridized carbons (Fsp3) is 0.273. The van der Waals surface area contributed by atoms with Gasteiger partial charge in [-0.15, -0.1) is 0 Å². The highest BCUT2D eigenvalue weighted by Gasteiger charge is 2.21. The Hall–Kier alpha value is -3.37. The Kier molecular flexibility index (Phi) is 6.85. The summed E-state index contributed by atoms with van der Waals surface area (Å²) in [7, 11) is -0.813. The summed E-state index contributed by atoms with van der Waals surface area (Å²) in [6, 6.07) is 9.64. The minimum Gasteiger partial charge on any atom is -0.454 e. The maximum Gasteiger partial charge on any atom is 0.331 e. The van der Waals surface area contributed by atoms with Crippen LogP contribution in [0.15, 0.2) is 47.4 Å². The normalized spacial score (nSPS) is 13.9. The number of amides is 1. The van der Waals surface area contributed by atoms with Gasteiger partial charge in [0.2, 0.25) is 16.8 Å². The molecule has 0 fully saturated rings. The average Bonchev–Trinajstić information content (AvgIpc) is 3.21. The number of sulfonamides is 1. The lowest BCUT2D eigenvalue weighted by Crippen LogP contribution is -2.30. The minimum absolute atomic E-state index is 0.0414. The molecular weight excluding hydrogens is 436 g/mol. The topological polar surface area (TPSA) is 111 Å². The maximum absolute atomic E-state index is 12.5. The summed E-state index contributed by atoms with van der Waals surface area (Å²) in [5, 5.41) is 2.62. The number of ether oxygens (including phenoxy) is 3. The summed E-state index contributed by atoms with van der Waals surface area (Å²) in [5.74, 6) is -0.0711. The van der Waals surface area contributed by atoms with E-state index >= 15 is 0 Å². The molecule has 32 heavy (non-hydrogen) atoms. The number of hydrogen-bond acceptors (Lipinski definition) is 7. The second kappa shape index (κ2) is 9.41. The number of aryl methyl sites for hydroxylation is 1. The van der Waals surface area contributed by atoms with Crippen LogP contribution < -0.4 is 14.8 Å². The first-order valence-electron chi connectivity index (χ1n) is 9.70. The van der Waals surface area contributed by atoms with Gasteiger partial charge in [-0.05, 0) is 55.3 Å². The molecule has 1 heterocycles. The SMILES string of the molecule is Cc1ccc(S(=O)(=O)N(C)C)cc1NC(=O)C(C)OC(=O)/C=C/c1ccc2c(c1)OCO2. The Bertz CT molecular complexity index is 1170. The number of carbonyl (C=O) groups excluding carboxylic acids is 2. The fourth-order valence-corrected chi connectivity index (χ4v) is 3.72. The van der Waals surface area contributed by atoms with E-state index in [1.807, 2.05) is 0 Å². The molecule has 0 radical (unpaired) electrons. The number of esters is 1. The van der Waals surface area contributed by atoms with Crippen LogP contribution in [0.5, 0.6) is 11.5 Å². The van der Waals surface area contributed by atoms with E-state index in [9.17, 15) is 18.0 Å². The lowest BCUT2D eigenvalue weighted by atomic mass is 10.2. The third-order valence-electron chi connectivity index (χ3n) is 4.72. The second-order valence-electron chi connectivity index (χ2n) is 7.28. The van der Waals surface area contributed by atoms with Crippen LogP contribution in [0.2, 0.25) is 0 Å². The van der Waals surface area contributed by atoms with Gasteiger partial charge in [-0.1, -0.05) is 12.1 Å². The van der Waals surface area contributed by atoms with E-state index in [-0.39, 0.29) is 11.7 Å². The quantitative estimate of drug-likeness (QED) is 0.499. The van der Waals surface area contributed by atoms with Gasteiger partial charge >= 0.3 is 5.97 Å². The molecule has 0 saturated heterocycles. The molecule has 2 aromatic rings. The Balaban J connectivity index is 1.63. The maximum atomic E-state index is 12.5. The van der Waals surface area contributed by atoms with E-state index in [1.165, 1.54) is 45.3 Å². The number of hydrogen-bond donors (Lipinski definition) is 1. The van der Waals surface area contributed by atoms with Crippen LogP contribution in [0.3, 0.4) is 0 Å². The van der Waals surface area contributed by atoms with E-state index in [2.05, 4.69) is 5.32 Å². The summed E-state index contributed by atoms with van der Waals surface area (Å²) in [6.07, 6.45) is 1.64. The molecule has 0 aliphatic carbocycles. The van der Waals surface area contributed by atoms with Crippen molar-refractivity contribution >= 4 is 33.7 Å². The highest BCUT2D eigenvalue weighted by Crippen LogP contribution is 2.32. The van der Waals surface area contributed by atoms with Crippen molar-refractivity contribution in [1.29, 1.82) is 0 Å². The first-order chi connectivity index (χ1) is 15.1. The van der Waals surface area contributed by atoms with Gasteiger partial charge in [0.05, 0.1) is 4.90 Å². The van der Waals surface area contributed by atoms with Gasteiger partial charge in [0.15, 0.2) is 17.6 Å². The summed E-state index contributed by atoms with van der Waals surface area (Å²) in [6.45, 7) is 3.31. The van der Waals surface area contributed by atoms with Crippen molar-refractivity contribution in [2.45, 2.75) is 24.8 Å². The first kappa shape index (κ1) is 23.3. The molecule has 0 aromatic heterocycles. The average molecular weight is 461 g/mol. The monoisotopic (exact) mass is 460 g/mol. The predicted molar refractivity (Wildman–Crippen MR) is 118 cm³/mol. The number of carbonyl (C=O) groups is 2. The first-order valence-corrected chi connectivity index (χ1v) is 11.1. The standard InChI is InChI=1S/C22H24N2O7S/c1-14-5-8-17(32(27,28)24(3)4)12-18(14)23-22(26)15(2)31-21(25)10-7-16-6-9-19-20(11-16)30-13-29-19/h5-12,15H,13H2,1-4H3,(H,23,26)/b10-7+. The Labute approximate surface area is 186 Å². The smallest absolute Gasteiger partial charge is 0.331 e. The molecule has 1 amide bonds. The zero-order valence-electron chi connectivity index (χ0n) is 18.1. The summed E-state index contributed by atoms with van der Waals surface area (Å²) >= 11 is 0. The summed E-state index contributed by atoms with van der Waals surface area (Å²) in [4.78, 5) is 24.7. The van der Waals surface area contributed by atoms with Gasteiger partial charge in [-0.25, -0.2) is 17.5 Å². The predicted octanol–water partition coefficient (Wildman–Crippen LogP) is 2.56. The highest BCUT2D eigenvalue weighted by atomic mass is 32.2. The number of fused-ring (bicyclic) bond motifs is 1. The van der Waals surface area contributed by atoms with E-state index in [0.29, 0.717) is 28.3 Å². The van der Waals surface area contributed by atoms with Gasteiger partial charge in [0.1, 0.15) is 0 Å². The largest absolute Gasteiger partial charge is 0.454 e. The van der Waals surface area contributed by atoms with Gasteiger partial charge in [-0.2, -0.15) is 0 Å². The number of anilines is 1. The van der Waals surface area contributed by atoms with Gasteiger partial charge in [-0.3, -0.25) is 4.79 Å². The molecule has 1 atom stereocenters. The van der Waals surface area contributed by atoms with Crippen molar-refractivity contribution in [1.82, 2.24) is 4.31 Å². The van der Waals surface area contributed by atoms with Crippen LogP contribution in [0.4, 0.5) is 5.69 Å². The number of nitrogens with one attached hydrogen (secondary N) is 1. The lowest BCUT2D eigenvalue weighted by Gasteiger charge is -2.16. The van der Waals surface area contributed by atoms with Gasteiger partial charge in [0, 0.05) is 25.9 Å². The van der Waals surface area contributed by atoms with E-state index in [1.54, 1.807) is 31.2 Å². The third kappa shape index (κ3) is 5.27. The Morgan fingerprint density at radius 2 is 1.84 bits per heavy atom. The molecule has 9 nitrogen and oxygen atoms in total. The van der Waals surface area contributed by atoms with Crippen LogP contribution in [0, 0.1) is 6.92 Å². The van der Waals surface area contributed by atoms with Crippen LogP contribution in [0.25, 0.3) is 6.08 Å². The fourth-order valence-electron chi connectivity index (χ4n) is 2.79. The summed E-state index contributed by atoms with van der Waals surface area (Å²) in [5.41, 5.74) is 1.69. The van der Waals surface area contributed by atoms with Gasteiger partial charge in [0.25, 0.3) is 5.91 Å². The van der Waals surface area contributed by atoms with Crippen LogP contribution in [-0.4, -0.2) is 51.6 Å². The molecule has 0 spiro atoms. The van der Waals surface area contributed by atoms with E-state index in [4.69, 9.17) is 14.2 Å². The molecule has 0 saturated carbocycles. The Morgan fingerprint density at radius 1 is 1.12 bits per heavy atom. The van der Waals surface area contributed by atoms with E-state index < -0.39 is 28.0 Å². The van der Waals surface area contributed by atoms with Gasteiger partial charge < -0.3 is 19.5 Å². The molecule has 170 valence electrons. The molecule has 1 aliphatic rings. The molecule has 1 N–H and O–H groups in total. The zero-order chi connectivity index (χ0) is 23.5. The minimum atomic E-state index is -3.66. The molecule has 2 aromatic carbocycles. The van der Waals surface area contributed by atoms with Crippen molar-refractivity contribution < 1.29 is 32.2 Å². The molecule has 3 rings (SSSR count). The van der Waals surface area contributed by atoms with E-state index in [0.717, 1.165) is 4.31 Å². The summed E-state index contributed by atoms with van der Waals surface area (Å²) < 4.78 is 41.4.